The number of likely N-dealkylation sites (N-methyl/N-ethyl adjacent to an activating group) is 1. The molecule has 0 aliphatic heterocycles. The highest BCUT2D eigenvalue weighted by molar-refractivity contribution is 5.92. The standard InChI is InChI=1S/C8H14N4O/c1-2-12(6-4-9)8(13)7-3-5-10-11-7/h3,5H,2,4,6,9H2,1H3,(H,10,11). The van der Waals surface area contributed by atoms with Gasteiger partial charge in [-0.2, -0.15) is 5.10 Å². The molecule has 5 nitrogen and oxygen atoms in total. The Kier molecular flexibility index (Phi) is 3.45. The van der Waals surface area contributed by atoms with E-state index in [2.05, 4.69) is 10.2 Å². The smallest absolute Gasteiger partial charge is 0.271 e. The van der Waals surface area contributed by atoms with Crippen molar-refractivity contribution in [1.29, 1.82) is 0 Å². The van der Waals surface area contributed by atoms with Crippen molar-refractivity contribution >= 4 is 5.91 Å². The predicted molar refractivity (Wildman–Crippen MR) is 49.2 cm³/mol. The van der Waals surface area contributed by atoms with Crippen LogP contribution in [0.2, 0.25) is 0 Å². The Hall–Kier alpha value is -1.36. The SMILES string of the molecule is CCN(CCN)C(=O)c1ccn[nH]1. The van der Waals surface area contributed by atoms with Gasteiger partial charge < -0.3 is 10.6 Å². The van der Waals surface area contributed by atoms with E-state index in [0.29, 0.717) is 25.3 Å². The van der Waals surface area contributed by atoms with E-state index in [1.54, 1.807) is 17.2 Å². The van der Waals surface area contributed by atoms with Crippen LogP contribution in [0.1, 0.15) is 17.4 Å². The lowest BCUT2D eigenvalue weighted by Crippen LogP contribution is -2.35. The number of amides is 1. The predicted octanol–water partition coefficient (Wildman–Crippen LogP) is -0.170. The van der Waals surface area contributed by atoms with Crippen molar-refractivity contribution in [3.63, 3.8) is 0 Å². The molecule has 13 heavy (non-hydrogen) atoms. The van der Waals surface area contributed by atoms with Gasteiger partial charge in [0.2, 0.25) is 0 Å². The van der Waals surface area contributed by atoms with Gasteiger partial charge in [-0.1, -0.05) is 0 Å². The van der Waals surface area contributed by atoms with Crippen molar-refractivity contribution in [1.82, 2.24) is 15.1 Å². The van der Waals surface area contributed by atoms with Gasteiger partial charge in [0, 0.05) is 25.8 Å². The summed E-state index contributed by atoms with van der Waals surface area (Å²) >= 11 is 0. The van der Waals surface area contributed by atoms with Crippen molar-refractivity contribution in [2.45, 2.75) is 6.92 Å². The fraction of sp³-hybridized carbons (Fsp3) is 0.500. The maximum absolute atomic E-state index is 11.6. The Morgan fingerprint density at radius 1 is 1.77 bits per heavy atom. The van der Waals surface area contributed by atoms with Gasteiger partial charge in [-0.3, -0.25) is 9.89 Å². The Balaban J connectivity index is 2.65. The summed E-state index contributed by atoms with van der Waals surface area (Å²) < 4.78 is 0. The van der Waals surface area contributed by atoms with E-state index in [-0.39, 0.29) is 5.91 Å². The lowest BCUT2D eigenvalue weighted by atomic mass is 10.3. The van der Waals surface area contributed by atoms with Gasteiger partial charge >= 0.3 is 0 Å². The van der Waals surface area contributed by atoms with Gasteiger partial charge in [0.05, 0.1) is 0 Å². The highest BCUT2D eigenvalue weighted by Gasteiger charge is 2.13. The first kappa shape index (κ1) is 9.73. The number of nitrogens with zero attached hydrogens (tertiary/aromatic N) is 2. The van der Waals surface area contributed by atoms with Crippen LogP contribution in [0.25, 0.3) is 0 Å². The molecule has 0 aliphatic carbocycles. The van der Waals surface area contributed by atoms with Crippen LogP contribution in [0.4, 0.5) is 0 Å². The fourth-order valence-corrected chi connectivity index (χ4v) is 1.10. The van der Waals surface area contributed by atoms with Crippen molar-refractivity contribution in [2.24, 2.45) is 5.73 Å². The molecule has 3 N–H and O–H groups in total. The number of carbonyl (C=O) groups is 1. The minimum Gasteiger partial charge on any atom is -0.336 e. The van der Waals surface area contributed by atoms with Crippen LogP contribution in [0, 0.1) is 0 Å². The van der Waals surface area contributed by atoms with E-state index < -0.39 is 0 Å². The molecule has 1 aromatic rings. The molecule has 0 fully saturated rings. The summed E-state index contributed by atoms with van der Waals surface area (Å²) in [5.74, 6) is -0.0505. The summed E-state index contributed by atoms with van der Waals surface area (Å²) in [5.41, 5.74) is 5.89. The summed E-state index contributed by atoms with van der Waals surface area (Å²) in [6, 6.07) is 1.65. The Bertz CT molecular complexity index is 257. The summed E-state index contributed by atoms with van der Waals surface area (Å²) in [6.45, 7) is 3.64. The molecule has 1 aromatic heterocycles. The van der Waals surface area contributed by atoms with Crippen molar-refractivity contribution in [3.05, 3.63) is 18.0 Å². The van der Waals surface area contributed by atoms with Gasteiger partial charge in [0.15, 0.2) is 0 Å². The van der Waals surface area contributed by atoms with Gasteiger partial charge in [-0.05, 0) is 13.0 Å². The lowest BCUT2D eigenvalue weighted by Gasteiger charge is -2.18. The summed E-state index contributed by atoms with van der Waals surface area (Å²) in [7, 11) is 0. The average Bonchev–Trinajstić information content (AvgIpc) is 2.65. The molecule has 0 spiro atoms. The number of nitrogens with two attached hydrogens (primary N) is 1. The van der Waals surface area contributed by atoms with E-state index in [1.165, 1.54) is 0 Å². The molecule has 0 radical (unpaired) electrons. The highest BCUT2D eigenvalue weighted by Crippen LogP contribution is 1.99. The molecule has 1 amide bonds. The number of hydrogen-bond acceptors (Lipinski definition) is 3. The third kappa shape index (κ3) is 2.29. The van der Waals surface area contributed by atoms with E-state index in [9.17, 15) is 4.79 Å². The molecule has 0 atom stereocenters. The number of nitrogens with one attached hydrogen (secondary N) is 1. The molecule has 1 heterocycles. The normalized spacial score (nSPS) is 10.0. The number of aromatic amines is 1. The van der Waals surface area contributed by atoms with E-state index >= 15 is 0 Å². The zero-order valence-corrected chi connectivity index (χ0v) is 7.66. The molecular weight excluding hydrogens is 168 g/mol. The van der Waals surface area contributed by atoms with Crippen LogP contribution >= 0.6 is 0 Å². The van der Waals surface area contributed by atoms with Gasteiger partial charge in [0.1, 0.15) is 5.69 Å². The highest BCUT2D eigenvalue weighted by atomic mass is 16.2. The third-order valence-corrected chi connectivity index (χ3v) is 1.80. The summed E-state index contributed by atoms with van der Waals surface area (Å²) in [6.07, 6.45) is 1.56. The Morgan fingerprint density at radius 2 is 2.54 bits per heavy atom. The fourth-order valence-electron chi connectivity index (χ4n) is 1.10. The number of rotatable bonds is 4. The van der Waals surface area contributed by atoms with Crippen LogP contribution in [-0.4, -0.2) is 40.6 Å². The zero-order chi connectivity index (χ0) is 9.68. The van der Waals surface area contributed by atoms with Crippen LogP contribution in [0.5, 0.6) is 0 Å². The molecule has 5 heteroatoms. The van der Waals surface area contributed by atoms with Gasteiger partial charge in [0.25, 0.3) is 5.91 Å². The monoisotopic (exact) mass is 182 g/mol. The Morgan fingerprint density at radius 3 is 3.00 bits per heavy atom. The van der Waals surface area contributed by atoms with Crippen LogP contribution < -0.4 is 5.73 Å². The maximum atomic E-state index is 11.6. The topological polar surface area (TPSA) is 75.0 Å². The molecule has 0 bridgehead atoms. The van der Waals surface area contributed by atoms with Gasteiger partial charge in [-0.25, -0.2) is 0 Å². The average molecular weight is 182 g/mol. The molecule has 0 aliphatic rings. The number of hydrogen-bond donors (Lipinski definition) is 2. The van der Waals surface area contributed by atoms with Crippen LogP contribution in [-0.2, 0) is 0 Å². The van der Waals surface area contributed by atoms with Crippen LogP contribution in [0.15, 0.2) is 12.3 Å². The van der Waals surface area contributed by atoms with E-state index in [4.69, 9.17) is 5.73 Å². The molecule has 1 rings (SSSR count). The van der Waals surface area contributed by atoms with Crippen molar-refractivity contribution in [3.8, 4) is 0 Å². The third-order valence-electron chi connectivity index (χ3n) is 1.80. The van der Waals surface area contributed by atoms with E-state index in [0.717, 1.165) is 0 Å². The Labute approximate surface area is 76.9 Å². The summed E-state index contributed by atoms with van der Waals surface area (Å²) in [5, 5.41) is 6.34. The second kappa shape index (κ2) is 4.61. The molecule has 0 unspecified atom stereocenters. The molecule has 0 aromatic carbocycles. The molecular formula is C8H14N4O. The quantitative estimate of drug-likeness (QED) is 0.679. The number of H-pyrrole nitrogens is 1. The van der Waals surface area contributed by atoms with Gasteiger partial charge in [-0.15, -0.1) is 0 Å². The first-order chi connectivity index (χ1) is 6.29. The van der Waals surface area contributed by atoms with Crippen LogP contribution in [0.3, 0.4) is 0 Å². The van der Waals surface area contributed by atoms with Crippen molar-refractivity contribution < 1.29 is 4.79 Å². The van der Waals surface area contributed by atoms with E-state index in [1.807, 2.05) is 6.92 Å². The second-order valence-electron chi connectivity index (χ2n) is 2.64. The minimum atomic E-state index is -0.0505. The molecule has 0 saturated carbocycles. The zero-order valence-electron chi connectivity index (χ0n) is 7.66. The minimum absolute atomic E-state index is 0.0505. The maximum Gasteiger partial charge on any atom is 0.271 e. The largest absolute Gasteiger partial charge is 0.336 e. The molecule has 0 saturated heterocycles. The lowest BCUT2D eigenvalue weighted by molar-refractivity contribution is 0.0763. The molecule has 72 valence electrons. The summed E-state index contributed by atoms with van der Waals surface area (Å²) in [4.78, 5) is 13.3. The second-order valence-corrected chi connectivity index (χ2v) is 2.64. The first-order valence-corrected chi connectivity index (χ1v) is 4.28. The number of aromatic nitrogens is 2. The van der Waals surface area contributed by atoms with Crippen molar-refractivity contribution in [2.75, 3.05) is 19.6 Å². The first-order valence-electron chi connectivity index (χ1n) is 4.28. The number of carbonyl (C=O) groups excluding carboxylic acids is 1.